The van der Waals surface area contributed by atoms with Crippen LogP contribution in [-0.2, 0) is 4.74 Å². The van der Waals surface area contributed by atoms with E-state index in [4.69, 9.17) is 9.47 Å². The van der Waals surface area contributed by atoms with Crippen LogP contribution in [0.15, 0.2) is 23.4 Å². The van der Waals surface area contributed by atoms with Crippen LogP contribution >= 0.6 is 0 Å². The summed E-state index contributed by atoms with van der Waals surface area (Å²) in [5, 5.41) is 2.92. The molecule has 0 aliphatic carbocycles. The number of carbonyl (C=O) groups excluding carboxylic acids is 2. The molecule has 0 unspecified atom stereocenters. The van der Waals surface area contributed by atoms with Gasteiger partial charge in [0.05, 0.1) is 12.0 Å². The van der Waals surface area contributed by atoms with Gasteiger partial charge in [0.1, 0.15) is 22.6 Å². The molecule has 134 valence electrons. The molecule has 2 heterocycles. The molecule has 3 rings (SSSR count). The Labute approximate surface area is 146 Å². The van der Waals surface area contributed by atoms with Gasteiger partial charge in [0.15, 0.2) is 5.78 Å². The SMILES string of the molecule is CC(C)(C)OC(=O)N1CCC2(CC1)CC(=O)c1c(N=O)cccc1O2. The van der Waals surface area contributed by atoms with Crippen LogP contribution in [0, 0.1) is 4.91 Å². The Morgan fingerprint density at radius 3 is 2.56 bits per heavy atom. The number of ether oxygens (including phenoxy) is 2. The highest BCUT2D eigenvalue weighted by Crippen LogP contribution is 2.42. The number of hydrogen-bond donors (Lipinski definition) is 0. The largest absolute Gasteiger partial charge is 0.486 e. The number of amides is 1. The van der Waals surface area contributed by atoms with Crippen molar-refractivity contribution in [2.24, 2.45) is 5.18 Å². The number of likely N-dealkylation sites (tertiary alicyclic amines) is 1. The Kier molecular flexibility index (Phi) is 4.26. The Morgan fingerprint density at radius 2 is 1.96 bits per heavy atom. The normalized spacial score (nSPS) is 19.2. The summed E-state index contributed by atoms with van der Waals surface area (Å²) >= 11 is 0. The molecular weight excluding hydrogens is 324 g/mol. The van der Waals surface area contributed by atoms with Crippen molar-refractivity contribution < 1.29 is 19.1 Å². The first-order chi connectivity index (χ1) is 11.7. The molecule has 0 radical (unpaired) electrons. The van der Waals surface area contributed by atoms with Gasteiger partial charge in [0.25, 0.3) is 0 Å². The van der Waals surface area contributed by atoms with Crippen molar-refractivity contribution >= 4 is 17.6 Å². The van der Waals surface area contributed by atoms with Gasteiger partial charge in [0.2, 0.25) is 0 Å². The van der Waals surface area contributed by atoms with Gasteiger partial charge in [-0.05, 0) is 38.1 Å². The van der Waals surface area contributed by atoms with Crippen LogP contribution in [0.1, 0.15) is 50.4 Å². The number of hydrogen-bond acceptors (Lipinski definition) is 6. The van der Waals surface area contributed by atoms with Gasteiger partial charge >= 0.3 is 6.09 Å². The Morgan fingerprint density at radius 1 is 1.28 bits per heavy atom. The van der Waals surface area contributed by atoms with Crippen molar-refractivity contribution in [1.29, 1.82) is 0 Å². The highest BCUT2D eigenvalue weighted by atomic mass is 16.6. The molecule has 0 bridgehead atoms. The second kappa shape index (κ2) is 6.13. The van der Waals surface area contributed by atoms with Crippen LogP contribution in [0.2, 0.25) is 0 Å². The fraction of sp³-hybridized carbons (Fsp3) is 0.556. The van der Waals surface area contributed by atoms with Crippen molar-refractivity contribution in [3.8, 4) is 5.75 Å². The molecule has 7 heteroatoms. The lowest BCUT2D eigenvalue weighted by atomic mass is 9.82. The molecular formula is C18H22N2O5. The highest BCUT2D eigenvalue weighted by Gasteiger charge is 2.45. The van der Waals surface area contributed by atoms with Gasteiger partial charge in [0, 0.05) is 25.9 Å². The number of carbonyl (C=O) groups is 2. The number of benzene rings is 1. The molecule has 1 spiro atoms. The van der Waals surface area contributed by atoms with Gasteiger partial charge in [-0.2, -0.15) is 0 Å². The third kappa shape index (κ3) is 3.50. The third-order valence-corrected chi connectivity index (χ3v) is 4.52. The van der Waals surface area contributed by atoms with E-state index < -0.39 is 11.2 Å². The highest BCUT2D eigenvalue weighted by molar-refractivity contribution is 6.04. The summed E-state index contributed by atoms with van der Waals surface area (Å²) < 4.78 is 11.5. The summed E-state index contributed by atoms with van der Waals surface area (Å²) in [6.07, 6.45) is 0.915. The zero-order valence-corrected chi connectivity index (χ0v) is 14.7. The molecule has 1 fully saturated rings. The quantitative estimate of drug-likeness (QED) is 0.722. The molecule has 25 heavy (non-hydrogen) atoms. The fourth-order valence-corrected chi connectivity index (χ4v) is 3.31. The number of nitroso groups, excluding NO2 is 1. The minimum atomic E-state index is -0.635. The molecule has 0 saturated carbocycles. The first kappa shape index (κ1) is 17.4. The van der Waals surface area contributed by atoms with Crippen molar-refractivity contribution in [3.05, 3.63) is 28.7 Å². The number of ketones is 1. The van der Waals surface area contributed by atoms with E-state index in [-0.39, 0.29) is 29.5 Å². The Hall–Kier alpha value is -2.44. The van der Waals surface area contributed by atoms with Crippen LogP contribution in [0.3, 0.4) is 0 Å². The minimum absolute atomic E-state index is 0.114. The Balaban J connectivity index is 1.73. The smallest absolute Gasteiger partial charge is 0.410 e. The number of nitrogens with zero attached hydrogens (tertiary/aromatic N) is 2. The van der Waals surface area contributed by atoms with E-state index in [2.05, 4.69) is 5.18 Å². The van der Waals surface area contributed by atoms with E-state index in [0.717, 1.165) is 0 Å². The average Bonchev–Trinajstić information content (AvgIpc) is 2.53. The second-order valence-electron chi connectivity index (χ2n) is 7.59. The summed E-state index contributed by atoms with van der Waals surface area (Å²) in [5.41, 5.74) is -0.800. The lowest BCUT2D eigenvalue weighted by Gasteiger charge is -2.44. The predicted molar refractivity (Wildman–Crippen MR) is 91.2 cm³/mol. The van der Waals surface area contributed by atoms with Crippen molar-refractivity contribution in [2.45, 2.75) is 51.2 Å². The van der Waals surface area contributed by atoms with Crippen molar-refractivity contribution in [1.82, 2.24) is 4.90 Å². The number of piperidine rings is 1. The molecule has 0 aromatic heterocycles. The van der Waals surface area contributed by atoms with Crippen LogP contribution in [-0.4, -0.2) is 41.1 Å². The maximum atomic E-state index is 12.6. The van der Waals surface area contributed by atoms with Gasteiger partial charge in [-0.1, -0.05) is 6.07 Å². The van der Waals surface area contributed by atoms with Gasteiger partial charge in [-0.3, -0.25) is 4.79 Å². The summed E-state index contributed by atoms with van der Waals surface area (Å²) in [6, 6.07) is 4.84. The number of fused-ring (bicyclic) bond motifs is 1. The lowest BCUT2D eigenvalue weighted by molar-refractivity contribution is -0.0225. The maximum Gasteiger partial charge on any atom is 0.410 e. The van der Waals surface area contributed by atoms with Gasteiger partial charge < -0.3 is 14.4 Å². The molecule has 2 aliphatic rings. The van der Waals surface area contributed by atoms with E-state index in [1.54, 1.807) is 17.0 Å². The average molecular weight is 346 g/mol. The van der Waals surface area contributed by atoms with E-state index in [9.17, 15) is 14.5 Å². The van der Waals surface area contributed by atoms with E-state index in [0.29, 0.717) is 31.7 Å². The summed E-state index contributed by atoms with van der Waals surface area (Å²) in [7, 11) is 0. The van der Waals surface area contributed by atoms with Crippen LogP contribution in [0.25, 0.3) is 0 Å². The second-order valence-corrected chi connectivity index (χ2v) is 7.59. The minimum Gasteiger partial charge on any atom is -0.486 e. The molecule has 1 amide bonds. The molecule has 1 aromatic rings. The monoisotopic (exact) mass is 346 g/mol. The predicted octanol–water partition coefficient (Wildman–Crippen LogP) is 3.82. The zero-order chi connectivity index (χ0) is 18.2. The molecule has 0 atom stereocenters. The van der Waals surface area contributed by atoms with Crippen LogP contribution in [0.5, 0.6) is 5.75 Å². The van der Waals surface area contributed by atoms with E-state index in [1.165, 1.54) is 6.07 Å². The summed E-state index contributed by atoms with van der Waals surface area (Å²) in [5.74, 6) is 0.265. The van der Waals surface area contributed by atoms with E-state index >= 15 is 0 Å². The molecule has 1 saturated heterocycles. The molecule has 2 aliphatic heterocycles. The lowest BCUT2D eigenvalue weighted by Crippen LogP contribution is -2.52. The van der Waals surface area contributed by atoms with Crippen molar-refractivity contribution in [2.75, 3.05) is 13.1 Å². The molecule has 7 nitrogen and oxygen atoms in total. The number of Topliss-reactive ketones (excluding diaryl/α,β-unsaturated/α-hetero) is 1. The zero-order valence-electron chi connectivity index (χ0n) is 14.7. The van der Waals surface area contributed by atoms with Gasteiger partial charge in [-0.15, -0.1) is 4.91 Å². The van der Waals surface area contributed by atoms with Crippen molar-refractivity contribution in [3.63, 3.8) is 0 Å². The van der Waals surface area contributed by atoms with Crippen LogP contribution < -0.4 is 4.74 Å². The fourth-order valence-electron chi connectivity index (χ4n) is 3.31. The van der Waals surface area contributed by atoms with Crippen LogP contribution in [0.4, 0.5) is 10.5 Å². The maximum absolute atomic E-state index is 12.6. The number of rotatable bonds is 1. The topological polar surface area (TPSA) is 85.3 Å². The standard InChI is InChI=1S/C18H22N2O5/c1-17(2,3)25-16(22)20-9-7-18(8-10-20)11-13(21)15-12(19-23)5-4-6-14(15)24-18/h4-6H,7-11H2,1-3H3. The summed E-state index contributed by atoms with van der Waals surface area (Å²) in [4.78, 5) is 37.3. The molecule has 1 aromatic carbocycles. The Bertz CT molecular complexity index is 715. The first-order valence-corrected chi connectivity index (χ1v) is 8.40. The summed E-state index contributed by atoms with van der Waals surface area (Å²) in [6.45, 7) is 6.41. The van der Waals surface area contributed by atoms with E-state index in [1.807, 2.05) is 20.8 Å². The third-order valence-electron chi connectivity index (χ3n) is 4.52. The van der Waals surface area contributed by atoms with Gasteiger partial charge in [-0.25, -0.2) is 4.79 Å². The molecule has 0 N–H and O–H groups in total. The first-order valence-electron chi connectivity index (χ1n) is 8.40.